The molecule has 0 radical (unpaired) electrons. The first-order valence-electron chi connectivity index (χ1n) is 20.0. The Hall–Kier alpha value is -3.12. The van der Waals surface area contributed by atoms with Crippen molar-refractivity contribution in [1.82, 2.24) is 4.98 Å². The number of methoxy groups -OCH3 is 1. The van der Waals surface area contributed by atoms with Gasteiger partial charge in [-0.25, -0.2) is 0 Å². The number of aryl methyl sites for hydroxylation is 2. The number of quaternary nitrogens is 1. The van der Waals surface area contributed by atoms with Crippen molar-refractivity contribution in [2.75, 3.05) is 44.9 Å². The number of unbranched alkanes of at least 4 members (excludes halogenated alkanes) is 5. The molecule has 50 heavy (non-hydrogen) atoms. The second-order valence-electron chi connectivity index (χ2n) is 14.3. The van der Waals surface area contributed by atoms with Crippen LogP contribution < -0.4 is 10.6 Å². The summed E-state index contributed by atoms with van der Waals surface area (Å²) in [6.45, 7) is 18.8. The highest BCUT2D eigenvalue weighted by Crippen LogP contribution is 2.32. The van der Waals surface area contributed by atoms with Crippen LogP contribution in [0.3, 0.4) is 0 Å². The standard InChI is InChI=1S/C27H34N4O2.C6H14.C5H10.C4H10.C2H6/c1-18-10-11-22-24(14-18)30-27(29-22)9-7-6-8-25(32)20-15-19(2)28-23(16-20)21-17-31(3,4)13-12-26(21)33-5;1-3-5-6-4-2;1-2-4-5-3-1;1-3-4-2;1-2/h9-11,14-16H,6-8,12-13,17H2,1-5H3,(H-,28,29,30,32);3-6H2,1-2H3;1-5H2;3-4H2,1-2H3;1-2H3/p+1/b27-9-;;;;. The van der Waals surface area contributed by atoms with E-state index in [-0.39, 0.29) is 5.78 Å². The van der Waals surface area contributed by atoms with Crippen molar-refractivity contribution in [1.29, 1.82) is 0 Å². The van der Waals surface area contributed by atoms with E-state index in [1.54, 1.807) is 7.11 Å². The molecule has 1 saturated carbocycles. The molecule has 0 spiro atoms. The number of pyridine rings is 1. The van der Waals surface area contributed by atoms with Crippen molar-refractivity contribution in [2.45, 2.75) is 152 Å². The number of ketones is 1. The number of nitrogens with one attached hydrogen (secondary N) is 2. The molecule has 0 atom stereocenters. The minimum absolute atomic E-state index is 0.163. The number of Topliss-reactive ketones (excluding diaryl/α,β-unsaturated/α-hetero) is 1. The van der Waals surface area contributed by atoms with E-state index < -0.39 is 0 Å². The first-order valence-corrected chi connectivity index (χ1v) is 20.0. The smallest absolute Gasteiger partial charge is 0.163 e. The molecule has 0 bridgehead atoms. The molecule has 5 rings (SSSR count). The zero-order valence-electron chi connectivity index (χ0n) is 34.2. The predicted octanol–water partition coefficient (Wildman–Crippen LogP) is 12.6. The van der Waals surface area contributed by atoms with Crippen LogP contribution in [0.5, 0.6) is 0 Å². The largest absolute Gasteiger partial charge is 0.500 e. The lowest BCUT2D eigenvalue weighted by Crippen LogP contribution is -2.44. The van der Waals surface area contributed by atoms with Gasteiger partial charge in [0.25, 0.3) is 0 Å². The zero-order valence-corrected chi connectivity index (χ0v) is 34.2. The molecule has 0 amide bonds. The molecule has 1 aliphatic carbocycles. The number of fused-ring (bicyclic) bond motifs is 1. The molecule has 0 unspecified atom stereocenters. The number of carbonyl (C=O) groups excluding carboxylic acids is 1. The van der Waals surface area contributed by atoms with Crippen LogP contribution in [-0.4, -0.2) is 49.5 Å². The van der Waals surface area contributed by atoms with Crippen LogP contribution in [0.25, 0.3) is 5.57 Å². The number of anilines is 2. The van der Waals surface area contributed by atoms with Crippen molar-refractivity contribution in [3.8, 4) is 0 Å². The molecule has 6 nitrogen and oxygen atoms in total. The third-order valence-corrected chi connectivity index (χ3v) is 9.08. The fourth-order valence-corrected chi connectivity index (χ4v) is 5.91. The van der Waals surface area contributed by atoms with Crippen molar-refractivity contribution in [2.24, 2.45) is 0 Å². The van der Waals surface area contributed by atoms with Gasteiger partial charge in [0.15, 0.2) is 5.78 Å². The Morgan fingerprint density at radius 2 is 1.44 bits per heavy atom. The molecule has 1 aromatic carbocycles. The number of allylic oxidation sites excluding steroid dienone is 1. The summed E-state index contributed by atoms with van der Waals surface area (Å²) in [5.74, 6) is 2.14. The minimum atomic E-state index is 0.163. The summed E-state index contributed by atoms with van der Waals surface area (Å²) in [5.41, 5.74) is 7.02. The molecule has 3 aliphatic rings. The van der Waals surface area contributed by atoms with Gasteiger partial charge in [-0.15, -0.1) is 0 Å². The number of benzene rings is 1. The Balaban J connectivity index is 0.000000607. The van der Waals surface area contributed by atoms with Crippen LogP contribution in [0.1, 0.15) is 165 Å². The maximum absolute atomic E-state index is 13.0. The third-order valence-electron chi connectivity index (χ3n) is 9.08. The lowest BCUT2D eigenvalue weighted by atomic mass is 9.98. The fourth-order valence-electron chi connectivity index (χ4n) is 5.91. The fraction of sp³-hybridized carbons (Fsp3) is 0.636. The topological polar surface area (TPSA) is 63.2 Å². The maximum atomic E-state index is 13.0. The molecule has 1 fully saturated rings. The van der Waals surface area contributed by atoms with Gasteiger partial charge in [0.1, 0.15) is 18.1 Å². The third kappa shape index (κ3) is 17.2. The Labute approximate surface area is 308 Å². The number of carbonyl (C=O) groups is 1. The number of rotatable bonds is 11. The summed E-state index contributed by atoms with van der Waals surface area (Å²) in [6, 6.07) is 10.2. The highest BCUT2D eigenvalue weighted by atomic mass is 16.5. The number of hydrogen-bond acceptors (Lipinski definition) is 5. The van der Waals surface area contributed by atoms with Crippen molar-refractivity contribution in [3.05, 3.63) is 70.5 Å². The van der Waals surface area contributed by atoms with Crippen LogP contribution in [0.2, 0.25) is 0 Å². The van der Waals surface area contributed by atoms with Crippen molar-refractivity contribution >= 4 is 22.7 Å². The van der Waals surface area contributed by atoms with Gasteiger partial charge in [-0.2, -0.15) is 0 Å². The zero-order chi connectivity index (χ0) is 37.4. The van der Waals surface area contributed by atoms with E-state index in [0.717, 1.165) is 82.3 Å². The average Bonchev–Trinajstić information content (AvgIpc) is 3.83. The molecule has 2 aromatic rings. The molecule has 1 aromatic heterocycles. The Kier molecular flexibility index (Phi) is 23.1. The van der Waals surface area contributed by atoms with Crippen LogP contribution >= 0.6 is 0 Å². The van der Waals surface area contributed by atoms with E-state index in [1.165, 1.54) is 76.2 Å². The lowest BCUT2D eigenvalue weighted by molar-refractivity contribution is -0.884. The van der Waals surface area contributed by atoms with Gasteiger partial charge in [0.2, 0.25) is 0 Å². The van der Waals surface area contributed by atoms with Crippen molar-refractivity contribution < 1.29 is 14.0 Å². The quantitative estimate of drug-likeness (QED) is 0.139. The van der Waals surface area contributed by atoms with Gasteiger partial charge in [-0.3, -0.25) is 9.78 Å². The van der Waals surface area contributed by atoms with E-state index in [9.17, 15) is 4.79 Å². The van der Waals surface area contributed by atoms with Crippen molar-refractivity contribution in [3.63, 3.8) is 0 Å². The number of ether oxygens (including phenoxy) is 1. The molecule has 6 heteroatoms. The van der Waals surface area contributed by atoms with Crippen LogP contribution in [0.4, 0.5) is 11.4 Å². The van der Waals surface area contributed by atoms with E-state index in [2.05, 4.69) is 83.6 Å². The molecule has 282 valence electrons. The van der Waals surface area contributed by atoms with E-state index >= 15 is 0 Å². The summed E-state index contributed by atoms with van der Waals surface area (Å²) in [6.07, 6.45) is 20.8. The normalized spacial score (nSPS) is 16.1. The summed E-state index contributed by atoms with van der Waals surface area (Å²) < 4.78 is 6.57. The second kappa shape index (κ2) is 25.8. The Morgan fingerprint density at radius 1 is 0.840 bits per heavy atom. The van der Waals surface area contributed by atoms with Crippen LogP contribution in [-0.2, 0) is 4.74 Å². The molecule has 2 N–H and O–H groups in total. The molecule has 2 aliphatic heterocycles. The summed E-state index contributed by atoms with van der Waals surface area (Å²) >= 11 is 0. The Morgan fingerprint density at radius 3 is 2.00 bits per heavy atom. The SMILES string of the molecule is C1CCCC1.CC.CCCC.CCCCCC.COC1=C(c2cc(C(=O)CCC/C=C3/Nc4ccc(C)cc4N3)cc(C)n2)C[N+](C)(C)CC1. The van der Waals surface area contributed by atoms with Gasteiger partial charge in [0.05, 0.1) is 56.8 Å². The highest BCUT2D eigenvalue weighted by molar-refractivity contribution is 5.96. The minimum Gasteiger partial charge on any atom is -0.500 e. The summed E-state index contributed by atoms with van der Waals surface area (Å²) in [4.78, 5) is 17.7. The molecular formula is C44H75N4O2+. The maximum Gasteiger partial charge on any atom is 0.163 e. The van der Waals surface area contributed by atoms with Gasteiger partial charge >= 0.3 is 0 Å². The molecular weight excluding hydrogens is 617 g/mol. The second-order valence-corrected chi connectivity index (χ2v) is 14.3. The van der Waals surface area contributed by atoms with Gasteiger partial charge in [-0.05, 0) is 62.6 Å². The number of likely N-dealkylation sites (N-methyl/N-ethyl adjacent to an activating group) is 1. The van der Waals surface area contributed by atoms with Gasteiger partial charge in [-0.1, -0.05) is 118 Å². The lowest BCUT2D eigenvalue weighted by Gasteiger charge is -2.35. The summed E-state index contributed by atoms with van der Waals surface area (Å²) in [5, 5.41) is 6.79. The Bertz CT molecular complexity index is 1290. The molecule has 0 saturated heterocycles. The first-order chi connectivity index (χ1) is 24.1. The van der Waals surface area contributed by atoms with Crippen LogP contribution in [0, 0.1) is 13.8 Å². The molecule has 3 heterocycles. The summed E-state index contributed by atoms with van der Waals surface area (Å²) in [7, 11) is 6.16. The van der Waals surface area contributed by atoms with Gasteiger partial charge < -0.3 is 19.9 Å². The predicted molar refractivity (Wildman–Crippen MR) is 219 cm³/mol. The number of hydrogen-bond donors (Lipinski definition) is 2. The number of aromatic nitrogens is 1. The van der Waals surface area contributed by atoms with E-state index in [0.29, 0.717) is 6.42 Å². The van der Waals surface area contributed by atoms with E-state index in [1.807, 2.05) is 32.9 Å². The first kappa shape index (κ1) is 44.9. The highest BCUT2D eigenvalue weighted by Gasteiger charge is 2.29. The monoisotopic (exact) mass is 692 g/mol. The van der Waals surface area contributed by atoms with E-state index in [4.69, 9.17) is 9.72 Å². The van der Waals surface area contributed by atoms with Crippen LogP contribution in [0.15, 0.2) is 48.0 Å². The number of nitrogens with zero attached hydrogens (tertiary/aromatic N) is 2. The average molecular weight is 692 g/mol. The van der Waals surface area contributed by atoms with Gasteiger partial charge in [0, 0.05) is 17.7 Å².